The van der Waals surface area contributed by atoms with Gasteiger partial charge in [-0.3, -0.25) is 9.59 Å². The smallest absolute Gasteiger partial charge is 0.329 e. The van der Waals surface area contributed by atoms with E-state index >= 15 is 0 Å². The third kappa shape index (κ3) is 3.75. The van der Waals surface area contributed by atoms with E-state index in [9.17, 15) is 9.59 Å². The van der Waals surface area contributed by atoms with Crippen LogP contribution in [0.3, 0.4) is 0 Å². The normalized spacial score (nSPS) is 14.2. The largest absolute Gasteiger partial charge is 0.497 e. The van der Waals surface area contributed by atoms with E-state index in [1.165, 1.54) is 18.2 Å². The summed E-state index contributed by atoms with van der Waals surface area (Å²) < 4.78 is 10.3. The molecule has 1 aromatic carbocycles. The SMILES string of the molecule is COc1ccc(C=NNC(=O)C(=O)N2CCCC2)c(OC)c1. The van der Waals surface area contributed by atoms with Gasteiger partial charge in [-0.2, -0.15) is 5.10 Å². The topological polar surface area (TPSA) is 80.2 Å². The molecule has 0 spiro atoms. The van der Waals surface area contributed by atoms with Crippen LogP contribution in [0.5, 0.6) is 11.5 Å². The van der Waals surface area contributed by atoms with Gasteiger partial charge in [0.2, 0.25) is 0 Å². The molecule has 2 rings (SSSR count). The van der Waals surface area contributed by atoms with Gasteiger partial charge >= 0.3 is 11.8 Å². The fourth-order valence-electron chi connectivity index (χ4n) is 2.20. The van der Waals surface area contributed by atoms with Crippen molar-refractivity contribution in [2.75, 3.05) is 27.3 Å². The zero-order chi connectivity index (χ0) is 15.9. The number of benzene rings is 1. The van der Waals surface area contributed by atoms with Gasteiger partial charge in [0.15, 0.2) is 0 Å². The average molecular weight is 305 g/mol. The molecule has 0 aromatic heterocycles. The summed E-state index contributed by atoms with van der Waals surface area (Å²) in [5, 5.41) is 3.81. The number of amides is 2. The quantitative estimate of drug-likeness (QED) is 0.506. The van der Waals surface area contributed by atoms with E-state index in [0.717, 1.165) is 12.8 Å². The summed E-state index contributed by atoms with van der Waals surface area (Å²) in [5.74, 6) is -0.0626. The number of hydrazone groups is 1. The first-order valence-electron chi connectivity index (χ1n) is 7.00. The van der Waals surface area contributed by atoms with Gasteiger partial charge in [0.1, 0.15) is 11.5 Å². The highest BCUT2D eigenvalue weighted by atomic mass is 16.5. The lowest BCUT2D eigenvalue weighted by Crippen LogP contribution is -2.39. The van der Waals surface area contributed by atoms with Crippen LogP contribution in [0.15, 0.2) is 23.3 Å². The van der Waals surface area contributed by atoms with Crippen molar-refractivity contribution in [1.29, 1.82) is 0 Å². The number of methoxy groups -OCH3 is 2. The predicted octanol–water partition coefficient (Wildman–Crippen LogP) is 0.776. The van der Waals surface area contributed by atoms with E-state index in [0.29, 0.717) is 30.2 Å². The van der Waals surface area contributed by atoms with Crippen LogP contribution in [0.2, 0.25) is 0 Å². The van der Waals surface area contributed by atoms with Crippen molar-refractivity contribution >= 4 is 18.0 Å². The number of likely N-dealkylation sites (tertiary alicyclic amines) is 1. The van der Waals surface area contributed by atoms with Gasteiger partial charge in [0, 0.05) is 24.7 Å². The van der Waals surface area contributed by atoms with Crippen LogP contribution in [0.1, 0.15) is 18.4 Å². The van der Waals surface area contributed by atoms with Crippen molar-refractivity contribution in [1.82, 2.24) is 10.3 Å². The Morgan fingerprint density at radius 2 is 1.95 bits per heavy atom. The standard InChI is InChI=1S/C15H19N3O4/c1-21-12-6-5-11(13(9-12)22-2)10-16-17-14(19)15(20)18-7-3-4-8-18/h5-6,9-10H,3-4,7-8H2,1-2H3,(H,17,19). The van der Waals surface area contributed by atoms with Crippen LogP contribution in [-0.2, 0) is 9.59 Å². The molecule has 1 saturated heterocycles. The number of nitrogens with zero attached hydrogens (tertiary/aromatic N) is 2. The first-order valence-corrected chi connectivity index (χ1v) is 7.00. The van der Waals surface area contributed by atoms with Crippen LogP contribution in [-0.4, -0.2) is 50.2 Å². The first-order chi connectivity index (χ1) is 10.7. The molecule has 1 heterocycles. The molecule has 1 N–H and O–H groups in total. The molecule has 7 nitrogen and oxygen atoms in total. The zero-order valence-electron chi connectivity index (χ0n) is 12.7. The van der Waals surface area contributed by atoms with E-state index in [2.05, 4.69) is 10.5 Å². The van der Waals surface area contributed by atoms with Crippen LogP contribution in [0.25, 0.3) is 0 Å². The van der Waals surface area contributed by atoms with Crippen molar-refractivity contribution in [3.63, 3.8) is 0 Å². The molecule has 22 heavy (non-hydrogen) atoms. The number of ether oxygens (including phenoxy) is 2. The third-order valence-electron chi connectivity index (χ3n) is 3.40. The summed E-state index contributed by atoms with van der Waals surface area (Å²) in [7, 11) is 3.09. The molecule has 7 heteroatoms. The van der Waals surface area contributed by atoms with Crippen molar-refractivity contribution in [3.8, 4) is 11.5 Å². The summed E-state index contributed by atoms with van der Waals surface area (Å²) in [6.07, 6.45) is 3.30. The number of carbonyl (C=O) groups excluding carboxylic acids is 2. The lowest BCUT2D eigenvalue weighted by Gasteiger charge is -2.12. The maximum atomic E-state index is 11.8. The molecule has 118 valence electrons. The van der Waals surface area contributed by atoms with Crippen molar-refractivity contribution < 1.29 is 19.1 Å². The van der Waals surface area contributed by atoms with Gasteiger partial charge in [0.05, 0.1) is 20.4 Å². The Morgan fingerprint density at radius 1 is 1.23 bits per heavy atom. The van der Waals surface area contributed by atoms with Crippen molar-refractivity contribution in [2.24, 2.45) is 5.10 Å². The van der Waals surface area contributed by atoms with E-state index < -0.39 is 11.8 Å². The molecule has 1 aliphatic heterocycles. The fraction of sp³-hybridized carbons (Fsp3) is 0.400. The summed E-state index contributed by atoms with van der Waals surface area (Å²) in [6, 6.07) is 5.20. The predicted molar refractivity (Wildman–Crippen MR) is 81.1 cm³/mol. The Morgan fingerprint density at radius 3 is 2.59 bits per heavy atom. The molecule has 1 aromatic rings. The Bertz CT molecular complexity index is 580. The van der Waals surface area contributed by atoms with Crippen LogP contribution >= 0.6 is 0 Å². The summed E-state index contributed by atoms with van der Waals surface area (Å²) in [5.41, 5.74) is 2.90. The molecule has 0 radical (unpaired) electrons. The number of hydrogen-bond donors (Lipinski definition) is 1. The maximum absolute atomic E-state index is 11.8. The van der Waals surface area contributed by atoms with Gasteiger partial charge < -0.3 is 14.4 Å². The number of carbonyl (C=O) groups is 2. The highest BCUT2D eigenvalue weighted by molar-refractivity contribution is 6.35. The van der Waals surface area contributed by atoms with E-state index in [1.807, 2.05) is 0 Å². The van der Waals surface area contributed by atoms with Crippen LogP contribution < -0.4 is 14.9 Å². The molecule has 0 bridgehead atoms. The lowest BCUT2D eigenvalue weighted by atomic mass is 10.2. The van der Waals surface area contributed by atoms with E-state index in [4.69, 9.17) is 9.47 Å². The molecular weight excluding hydrogens is 286 g/mol. The molecule has 0 saturated carbocycles. The minimum Gasteiger partial charge on any atom is -0.497 e. The summed E-state index contributed by atoms with van der Waals surface area (Å²) in [6.45, 7) is 1.25. The van der Waals surface area contributed by atoms with Gasteiger partial charge in [-0.25, -0.2) is 5.43 Å². The Hall–Kier alpha value is -2.57. The minimum atomic E-state index is -0.731. The molecule has 1 fully saturated rings. The molecule has 1 aliphatic rings. The van der Waals surface area contributed by atoms with E-state index in [-0.39, 0.29) is 0 Å². The highest BCUT2D eigenvalue weighted by Gasteiger charge is 2.23. The average Bonchev–Trinajstić information content (AvgIpc) is 3.08. The van der Waals surface area contributed by atoms with Crippen molar-refractivity contribution in [2.45, 2.75) is 12.8 Å². The van der Waals surface area contributed by atoms with Gasteiger partial charge in [0.25, 0.3) is 0 Å². The van der Waals surface area contributed by atoms with Gasteiger partial charge in [-0.15, -0.1) is 0 Å². The zero-order valence-corrected chi connectivity index (χ0v) is 12.7. The highest BCUT2D eigenvalue weighted by Crippen LogP contribution is 2.22. The Kier molecular flexibility index (Phi) is 5.35. The first kappa shape index (κ1) is 15.8. The molecule has 2 amide bonds. The summed E-state index contributed by atoms with van der Waals surface area (Å²) in [4.78, 5) is 25.0. The lowest BCUT2D eigenvalue weighted by molar-refractivity contribution is -0.145. The molecule has 0 unspecified atom stereocenters. The van der Waals surface area contributed by atoms with Gasteiger partial charge in [-0.1, -0.05) is 0 Å². The molecule has 0 aliphatic carbocycles. The Labute approximate surface area is 128 Å². The van der Waals surface area contributed by atoms with Gasteiger partial charge in [-0.05, 0) is 25.0 Å². The number of hydrogen-bond acceptors (Lipinski definition) is 5. The number of nitrogens with one attached hydrogen (secondary N) is 1. The number of rotatable bonds is 4. The van der Waals surface area contributed by atoms with Crippen LogP contribution in [0, 0.1) is 0 Å². The van der Waals surface area contributed by atoms with E-state index in [1.54, 1.807) is 25.3 Å². The second-order valence-corrected chi connectivity index (χ2v) is 4.81. The van der Waals surface area contributed by atoms with Crippen molar-refractivity contribution in [3.05, 3.63) is 23.8 Å². The molecule has 0 atom stereocenters. The fourth-order valence-corrected chi connectivity index (χ4v) is 2.20. The maximum Gasteiger partial charge on any atom is 0.329 e. The summed E-state index contributed by atoms with van der Waals surface area (Å²) >= 11 is 0. The Balaban J connectivity index is 1.97. The monoisotopic (exact) mass is 305 g/mol. The van der Waals surface area contributed by atoms with Crippen LogP contribution in [0.4, 0.5) is 0 Å². The second kappa shape index (κ2) is 7.44. The third-order valence-corrected chi connectivity index (χ3v) is 3.40. The second-order valence-electron chi connectivity index (χ2n) is 4.81. The molecular formula is C15H19N3O4. The minimum absolute atomic E-state index is 0.545.